The van der Waals surface area contributed by atoms with E-state index in [1.807, 2.05) is 7.05 Å². The third kappa shape index (κ3) is 3.61. The van der Waals surface area contributed by atoms with Crippen LogP contribution in [0.3, 0.4) is 0 Å². The molecular weight excluding hydrogens is 335 g/mol. The van der Waals surface area contributed by atoms with Crippen molar-refractivity contribution in [3.05, 3.63) is 46.5 Å². The number of amides is 2. The number of nitrogens with zero attached hydrogens (tertiary/aromatic N) is 2. The standard InChI is InChI=1S/C19H23FN4O2/c1-11-10-13(20)8-9-15(11)22-18(25)12(2)21-19(26)17-14-6-4-5-7-16(14)24(3)23-17/h8-10,12H,4-7H2,1-3H3,(H,21,26)(H,22,25). The summed E-state index contributed by atoms with van der Waals surface area (Å²) in [5, 5.41) is 9.77. The third-order valence-electron chi connectivity index (χ3n) is 4.77. The summed E-state index contributed by atoms with van der Waals surface area (Å²) < 4.78 is 14.9. The van der Waals surface area contributed by atoms with Crippen molar-refractivity contribution in [1.82, 2.24) is 15.1 Å². The third-order valence-corrected chi connectivity index (χ3v) is 4.77. The Kier molecular flexibility index (Phi) is 5.06. The molecule has 0 bridgehead atoms. The van der Waals surface area contributed by atoms with Crippen LogP contribution in [-0.2, 0) is 24.7 Å². The van der Waals surface area contributed by atoms with Gasteiger partial charge in [-0.3, -0.25) is 14.3 Å². The largest absolute Gasteiger partial charge is 0.339 e. The minimum atomic E-state index is -0.742. The van der Waals surface area contributed by atoms with Crippen LogP contribution in [0.15, 0.2) is 18.2 Å². The Bertz CT molecular complexity index is 859. The summed E-state index contributed by atoms with van der Waals surface area (Å²) in [6.45, 7) is 3.32. The van der Waals surface area contributed by atoms with Gasteiger partial charge in [-0.25, -0.2) is 4.39 Å². The van der Waals surface area contributed by atoms with Crippen LogP contribution in [0.25, 0.3) is 0 Å². The zero-order chi connectivity index (χ0) is 18.8. The number of aryl methyl sites for hydroxylation is 2. The maximum absolute atomic E-state index is 13.2. The highest BCUT2D eigenvalue weighted by molar-refractivity contribution is 6.01. The Morgan fingerprint density at radius 3 is 2.73 bits per heavy atom. The van der Waals surface area contributed by atoms with Crippen molar-refractivity contribution in [2.75, 3.05) is 5.32 Å². The molecule has 1 aromatic carbocycles. The summed E-state index contributed by atoms with van der Waals surface area (Å²) in [4.78, 5) is 25.0. The molecule has 1 heterocycles. The van der Waals surface area contributed by atoms with Crippen molar-refractivity contribution in [2.24, 2.45) is 7.05 Å². The number of rotatable bonds is 4. The van der Waals surface area contributed by atoms with E-state index in [0.717, 1.165) is 36.9 Å². The molecule has 1 unspecified atom stereocenters. The number of halogens is 1. The van der Waals surface area contributed by atoms with E-state index in [4.69, 9.17) is 0 Å². The molecule has 0 fully saturated rings. The fourth-order valence-corrected chi connectivity index (χ4v) is 3.29. The lowest BCUT2D eigenvalue weighted by atomic mass is 9.95. The van der Waals surface area contributed by atoms with Gasteiger partial charge in [0.2, 0.25) is 5.91 Å². The van der Waals surface area contributed by atoms with Crippen LogP contribution in [0.4, 0.5) is 10.1 Å². The number of fused-ring (bicyclic) bond motifs is 1. The first-order chi connectivity index (χ1) is 12.4. The second-order valence-corrected chi connectivity index (χ2v) is 6.75. The van der Waals surface area contributed by atoms with Gasteiger partial charge in [-0.15, -0.1) is 0 Å². The average Bonchev–Trinajstić information content (AvgIpc) is 2.94. The molecule has 3 rings (SSSR count). The Morgan fingerprint density at radius 1 is 1.27 bits per heavy atom. The average molecular weight is 358 g/mol. The highest BCUT2D eigenvalue weighted by atomic mass is 19.1. The van der Waals surface area contributed by atoms with Gasteiger partial charge >= 0.3 is 0 Å². The number of benzene rings is 1. The van der Waals surface area contributed by atoms with Gasteiger partial charge in [0.25, 0.3) is 5.91 Å². The lowest BCUT2D eigenvalue weighted by Crippen LogP contribution is -2.42. The van der Waals surface area contributed by atoms with Crippen LogP contribution in [0.2, 0.25) is 0 Å². The van der Waals surface area contributed by atoms with Gasteiger partial charge in [-0.1, -0.05) is 0 Å². The van der Waals surface area contributed by atoms with Crippen molar-refractivity contribution in [3.63, 3.8) is 0 Å². The second kappa shape index (κ2) is 7.27. The molecule has 0 spiro atoms. The maximum atomic E-state index is 13.2. The molecule has 6 nitrogen and oxygen atoms in total. The van der Waals surface area contributed by atoms with Gasteiger partial charge in [0.15, 0.2) is 5.69 Å². The van der Waals surface area contributed by atoms with E-state index in [1.54, 1.807) is 18.5 Å². The first-order valence-electron chi connectivity index (χ1n) is 8.79. The lowest BCUT2D eigenvalue weighted by Gasteiger charge is -2.16. The molecule has 2 N–H and O–H groups in total. The summed E-state index contributed by atoms with van der Waals surface area (Å²) in [5.41, 5.74) is 3.63. The van der Waals surface area contributed by atoms with E-state index in [2.05, 4.69) is 15.7 Å². The molecule has 2 amide bonds. The lowest BCUT2D eigenvalue weighted by molar-refractivity contribution is -0.117. The highest BCUT2D eigenvalue weighted by Gasteiger charge is 2.26. The first kappa shape index (κ1) is 18.1. The molecule has 1 aliphatic carbocycles. The van der Waals surface area contributed by atoms with Gasteiger partial charge in [0.1, 0.15) is 11.9 Å². The Morgan fingerprint density at radius 2 is 2.00 bits per heavy atom. The number of anilines is 1. The van der Waals surface area contributed by atoms with E-state index < -0.39 is 6.04 Å². The number of aromatic nitrogens is 2. The van der Waals surface area contributed by atoms with Gasteiger partial charge in [0.05, 0.1) is 0 Å². The summed E-state index contributed by atoms with van der Waals surface area (Å²) in [6.07, 6.45) is 3.90. The number of carbonyl (C=O) groups is 2. The minimum Gasteiger partial charge on any atom is -0.339 e. The molecule has 0 aliphatic heterocycles. The summed E-state index contributed by atoms with van der Waals surface area (Å²) in [5.74, 6) is -1.07. The molecule has 1 aromatic heterocycles. The van der Waals surface area contributed by atoms with Crippen molar-refractivity contribution < 1.29 is 14.0 Å². The molecule has 1 aliphatic rings. The predicted molar refractivity (Wildman–Crippen MR) is 96.5 cm³/mol. The molecule has 0 radical (unpaired) electrons. The van der Waals surface area contributed by atoms with E-state index in [0.29, 0.717) is 16.9 Å². The Labute approximate surface area is 151 Å². The SMILES string of the molecule is Cc1cc(F)ccc1NC(=O)C(C)NC(=O)c1nn(C)c2c1CCCC2. The molecule has 7 heteroatoms. The monoisotopic (exact) mass is 358 g/mol. The Balaban J connectivity index is 1.68. The van der Waals surface area contributed by atoms with Crippen molar-refractivity contribution in [3.8, 4) is 0 Å². The number of carbonyl (C=O) groups excluding carboxylic acids is 2. The highest BCUT2D eigenvalue weighted by Crippen LogP contribution is 2.24. The van der Waals surface area contributed by atoms with Gasteiger partial charge in [0, 0.05) is 24.0 Å². The fraction of sp³-hybridized carbons (Fsp3) is 0.421. The molecule has 26 heavy (non-hydrogen) atoms. The zero-order valence-corrected chi connectivity index (χ0v) is 15.2. The van der Waals surface area contributed by atoms with Gasteiger partial charge in [-0.2, -0.15) is 5.10 Å². The van der Waals surface area contributed by atoms with E-state index in [9.17, 15) is 14.0 Å². The number of hydrogen-bond acceptors (Lipinski definition) is 3. The van der Waals surface area contributed by atoms with Gasteiger partial charge < -0.3 is 10.6 Å². The molecule has 138 valence electrons. The zero-order valence-electron chi connectivity index (χ0n) is 15.2. The Hall–Kier alpha value is -2.70. The molecule has 0 saturated carbocycles. The molecule has 1 atom stereocenters. The van der Waals surface area contributed by atoms with Gasteiger partial charge in [-0.05, 0) is 63.3 Å². The van der Waals surface area contributed by atoms with Crippen LogP contribution in [0.5, 0.6) is 0 Å². The maximum Gasteiger partial charge on any atom is 0.272 e. The second-order valence-electron chi connectivity index (χ2n) is 6.75. The predicted octanol–water partition coefficient (Wildman–Crippen LogP) is 2.50. The summed E-state index contributed by atoms with van der Waals surface area (Å²) in [7, 11) is 1.84. The normalized spacial score (nSPS) is 14.5. The van der Waals surface area contributed by atoms with Crippen molar-refractivity contribution in [1.29, 1.82) is 0 Å². The van der Waals surface area contributed by atoms with Crippen LogP contribution in [0.1, 0.15) is 47.1 Å². The summed E-state index contributed by atoms with van der Waals surface area (Å²) >= 11 is 0. The fourth-order valence-electron chi connectivity index (χ4n) is 3.29. The smallest absolute Gasteiger partial charge is 0.272 e. The van der Waals surface area contributed by atoms with Crippen LogP contribution < -0.4 is 10.6 Å². The summed E-state index contributed by atoms with van der Waals surface area (Å²) in [6, 6.07) is 3.39. The van der Waals surface area contributed by atoms with Crippen molar-refractivity contribution >= 4 is 17.5 Å². The van der Waals surface area contributed by atoms with Crippen LogP contribution in [-0.4, -0.2) is 27.6 Å². The van der Waals surface area contributed by atoms with Crippen LogP contribution >= 0.6 is 0 Å². The number of hydrogen-bond donors (Lipinski definition) is 2. The molecule has 2 aromatic rings. The topological polar surface area (TPSA) is 76.0 Å². The molecular formula is C19H23FN4O2. The van der Waals surface area contributed by atoms with E-state index in [1.165, 1.54) is 18.2 Å². The quantitative estimate of drug-likeness (QED) is 0.882. The van der Waals surface area contributed by atoms with E-state index in [-0.39, 0.29) is 17.6 Å². The minimum absolute atomic E-state index is 0.345. The van der Waals surface area contributed by atoms with Crippen LogP contribution in [0, 0.1) is 12.7 Å². The van der Waals surface area contributed by atoms with E-state index >= 15 is 0 Å². The number of nitrogens with one attached hydrogen (secondary N) is 2. The molecule has 0 saturated heterocycles. The van der Waals surface area contributed by atoms with Crippen molar-refractivity contribution in [2.45, 2.75) is 45.6 Å². The first-order valence-corrected chi connectivity index (χ1v) is 8.79.